The Morgan fingerprint density at radius 1 is 1.07 bits per heavy atom. The number of aliphatic hydroxyl groups excluding tert-OH is 1. The van der Waals surface area contributed by atoms with Gasteiger partial charge in [0, 0.05) is 29.7 Å². The lowest BCUT2D eigenvalue weighted by molar-refractivity contribution is 0.00383. The molecule has 3 aliphatic rings. The number of aryl methyl sites for hydroxylation is 1. The lowest BCUT2D eigenvalue weighted by Crippen LogP contribution is -2.46. The second-order valence-electron chi connectivity index (χ2n) is 12.5. The van der Waals surface area contributed by atoms with Crippen molar-refractivity contribution >= 4 is 33.2 Å². The topological polar surface area (TPSA) is 108 Å². The summed E-state index contributed by atoms with van der Waals surface area (Å²) in [5.41, 5.74) is 3.30. The van der Waals surface area contributed by atoms with Crippen molar-refractivity contribution in [1.82, 2.24) is 10.0 Å². The molecule has 2 heterocycles. The number of carbonyl (C=O) groups excluding carboxylic acids is 1. The highest BCUT2D eigenvalue weighted by Gasteiger charge is 2.39. The molecular weight excluding hydrogens is 574 g/mol. The van der Waals surface area contributed by atoms with Crippen LogP contribution in [0.2, 0.25) is 5.02 Å². The molecule has 2 aromatic rings. The van der Waals surface area contributed by atoms with Crippen molar-refractivity contribution in [1.29, 1.82) is 0 Å². The molecule has 8 nitrogen and oxygen atoms in total. The predicted molar refractivity (Wildman–Crippen MR) is 167 cm³/mol. The van der Waals surface area contributed by atoms with Crippen LogP contribution in [-0.4, -0.2) is 57.0 Å². The Morgan fingerprint density at radius 2 is 1.88 bits per heavy atom. The Bertz CT molecular complexity index is 1390. The third-order valence-corrected chi connectivity index (χ3v) is 11.9. The number of sulfonamides is 1. The van der Waals surface area contributed by atoms with Crippen molar-refractivity contribution in [3.63, 3.8) is 0 Å². The number of hydrogen-bond acceptors (Lipinski definition) is 7. The fourth-order valence-corrected chi connectivity index (χ4v) is 8.20. The van der Waals surface area contributed by atoms with Crippen LogP contribution in [0.25, 0.3) is 0 Å². The molecule has 0 spiro atoms. The monoisotopic (exact) mass is 617 g/mol. The van der Waals surface area contributed by atoms with E-state index in [9.17, 15) is 18.3 Å². The van der Waals surface area contributed by atoms with Gasteiger partial charge in [-0.2, -0.15) is 0 Å². The first-order valence-electron chi connectivity index (χ1n) is 15.3. The molecule has 2 bridgehead atoms. The van der Waals surface area contributed by atoms with Crippen molar-refractivity contribution in [3.8, 4) is 5.75 Å². The minimum absolute atomic E-state index is 0.0295. The number of amides is 1. The maximum atomic E-state index is 13.4. The maximum absolute atomic E-state index is 13.4. The van der Waals surface area contributed by atoms with Gasteiger partial charge >= 0.3 is 0 Å². The van der Waals surface area contributed by atoms with Gasteiger partial charge in [-0.1, -0.05) is 24.6 Å². The Kier molecular flexibility index (Phi) is 9.72. The lowest BCUT2D eigenvalue weighted by Gasteiger charge is -2.44. The molecule has 10 heteroatoms. The number of anilines is 1. The first-order valence-corrected chi connectivity index (χ1v) is 17.2. The summed E-state index contributed by atoms with van der Waals surface area (Å²) in [5.74, 6) is 0.269. The molecule has 1 fully saturated rings. The zero-order valence-corrected chi connectivity index (χ0v) is 26.4. The second kappa shape index (κ2) is 13.1. The summed E-state index contributed by atoms with van der Waals surface area (Å²) in [6.07, 6.45) is 5.46. The van der Waals surface area contributed by atoms with E-state index in [1.807, 2.05) is 32.2 Å². The van der Waals surface area contributed by atoms with Crippen LogP contribution in [-0.2, 0) is 23.1 Å². The Morgan fingerprint density at radius 3 is 2.62 bits per heavy atom. The smallest absolute Gasteiger partial charge is 0.264 e. The molecule has 3 N–H and O–H groups in total. The van der Waals surface area contributed by atoms with Gasteiger partial charge in [0.1, 0.15) is 12.4 Å². The number of halogens is 1. The summed E-state index contributed by atoms with van der Waals surface area (Å²) in [7, 11) is -2.08. The third kappa shape index (κ3) is 6.90. The molecular formula is C32H44ClN3O5S. The van der Waals surface area contributed by atoms with Crippen LogP contribution in [0.15, 0.2) is 36.4 Å². The number of aliphatic hydroxyl groups is 1. The van der Waals surface area contributed by atoms with Gasteiger partial charge in [-0.05, 0) is 118 Å². The van der Waals surface area contributed by atoms with Gasteiger partial charge in [-0.15, -0.1) is 0 Å². The second-order valence-corrected chi connectivity index (χ2v) is 14.9. The van der Waals surface area contributed by atoms with Crippen LogP contribution >= 0.6 is 11.6 Å². The molecule has 2 aliphatic heterocycles. The number of benzene rings is 2. The molecule has 0 radical (unpaired) electrons. The van der Waals surface area contributed by atoms with E-state index in [2.05, 4.69) is 14.9 Å². The van der Waals surface area contributed by atoms with Gasteiger partial charge < -0.3 is 20.1 Å². The Hall–Kier alpha value is -2.33. The van der Waals surface area contributed by atoms with Crippen molar-refractivity contribution in [2.45, 2.75) is 82.8 Å². The first kappa shape index (κ1) is 31.1. The molecule has 1 amide bonds. The number of nitrogens with zero attached hydrogens (tertiary/aromatic N) is 1. The fourth-order valence-electron chi connectivity index (χ4n) is 6.72. The number of nitrogens with one attached hydrogen (secondary N) is 2. The standard InChI is InChI=1S/C32H44ClN3O5S/c1-20-14-27(34-3)17-30(37)28-11-8-24(28)18-36-13-5-4-6-22-15-26(33)10-7-25(22)19-41-31-12-9-23(16-29(31)36)32(38)35-42(39,40)21(20)2/h7,9-10,12,15-16,20-21,24,27-28,30,34,37H,4-6,8,11,13-14,17-19H2,1-3H3,(H,35,38)/t20-,21+,24-,27-,28+,30-/m0/s1. The van der Waals surface area contributed by atoms with Crippen molar-refractivity contribution in [3.05, 3.63) is 58.1 Å². The normalized spacial score (nSPS) is 30.4. The highest BCUT2D eigenvalue weighted by atomic mass is 35.5. The summed E-state index contributed by atoms with van der Waals surface area (Å²) in [6.45, 7) is 5.38. The van der Waals surface area contributed by atoms with Gasteiger partial charge in [-0.3, -0.25) is 4.79 Å². The van der Waals surface area contributed by atoms with E-state index in [4.69, 9.17) is 16.3 Å². The Labute approximate surface area is 255 Å². The SMILES string of the molecule is CN[C@H]1C[C@H](C)[C@@H](C)S(=O)(=O)NC(=O)c2ccc3c(c2)N(CCCCc2cc(Cl)ccc2CO3)C[C@@H]2CC[C@H]2[C@@H](O)C1. The number of rotatable bonds is 1. The van der Waals surface area contributed by atoms with Crippen molar-refractivity contribution < 1.29 is 23.1 Å². The third-order valence-electron chi connectivity index (χ3n) is 9.78. The molecule has 5 rings (SSSR count). The van der Waals surface area contributed by atoms with Crippen LogP contribution in [0.4, 0.5) is 5.69 Å². The van der Waals surface area contributed by atoms with Crippen LogP contribution in [0.1, 0.15) is 73.9 Å². The van der Waals surface area contributed by atoms with Crippen LogP contribution in [0.5, 0.6) is 5.75 Å². The van der Waals surface area contributed by atoms with E-state index in [0.717, 1.165) is 56.4 Å². The molecule has 1 saturated carbocycles. The molecule has 0 aromatic heterocycles. The molecule has 6 atom stereocenters. The average molecular weight is 618 g/mol. The van der Waals surface area contributed by atoms with Gasteiger partial charge in [0.15, 0.2) is 0 Å². The summed E-state index contributed by atoms with van der Waals surface area (Å²) >= 11 is 6.31. The van der Waals surface area contributed by atoms with E-state index in [1.165, 1.54) is 5.56 Å². The minimum atomic E-state index is -3.93. The van der Waals surface area contributed by atoms with Crippen LogP contribution in [0.3, 0.4) is 0 Å². The fraction of sp³-hybridized carbons (Fsp3) is 0.594. The van der Waals surface area contributed by atoms with Crippen molar-refractivity contribution in [2.75, 3.05) is 25.0 Å². The van der Waals surface area contributed by atoms with Crippen LogP contribution in [0, 0.1) is 17.8 Å². The highest BCUT2D eigenvalue weighted by molar-refractivity contribution is 7.90. The van der Waals surface area contributed by atoms with E-state index in [-0.39, 0.29) is 23.4 Å². The molecule has 42 heavy (non-hydrogen) atoms. The van der Waals surface area contributed by atoms with E-state index < -0.39 is 27.3 Å². The molecule has 2 aromatic carbocycles. The molecule has 1 aliphatic carbocycles. The first-order chi connectivity index (χ1) is 20.1. The van der Waals surface area contributed by atoms with Crippen LogP contribution < -0.4 is 19.7 Å². The number of fused-ring (bicyclic) bond motifs is 3. The van der Waals surface area contributed by atoms with E-state index >= 15 is 0 Å². The summed E-state index contributed by atoms with van der Waals surface area (Å²) in [6, 6.07) is 11.0. The number of hydrogen-bond donors (Lipinski definition) is 3. The van der Waals surface area contributed by atoms with Gasteiger partial charge in [0.2, 0.25) is 10.0 Å². The van der Waals surface area contributed by atoms with Gasteiger partial charge in [0.25, 0.3) is 5.91 Å². The minimum Gasteiger partial charge on any atom is -0.487 e. The zero-order valence-electron chi connectivity index (χ0n) is 24.8. The average Bonchev–Trinajstić information content (AvgIpc) is 2.96. The zero-order chi connectivity index (χ0) is 30.0. The highest BCUT2D eigenvalue weighted by Crippen LogP contribution is 2.41. The predicted octanol–water partition coefficient (Wildman–Crippen LogP) is 4.91. The van der Waals surface area contributed by atoms with E-state index in [1.54, 1.807) is 25.1 Å². The van der Waals surface area contributed by atoms with E-state index in [0.29, 0.717) is 36.1 Å². The summed E-state index contributed by atoms with van der Waals surface area (Å²) in [5, 5.41) is 14.6. The summed E-state index contributed by atoms with van der Waals surface area (Å²) < 4.78 is 35.3. The molecule has 0 unspecified atom stereocenters. The lowest BCUT2D eigenvalue weighted by atomic mass is 9.69. The molecule has 0 saturated heterocycles. The summed E-state index contributed by atoms with van der Waals surface area (Å²) in [4.78, 5) is 15.7. The molecule has 230 valence electrons. The quantitative estimate of drug-likeness (QED) is 0.417. The Balaban J connectivity index is 1.53. The number of ether oxygens (including phenoxy) is 1. The number of carbonyl (C=O) groups is 1. The van der Waals surface area contributed by atoms with Gasteiger partial charge in [0.05, 0.1) is 17.0 Å². The maximum Gasteiger partial charge on any atom is 0.264 e. The van der Waals surface area contributed by atoms with Gasteiger partial charge in [-0.25, -0.2) is 13.1 Å². The largest absolute Gasteiger partial charge is 0.487 e. The van der Waals surface area contributed by atoms with Crippen molar-refractivity contribution in [2.24, 2.45) is 17.8 Å².